The van der Waals surface area contributed by atoms with Crippen molar-refractivity contribution in [2.45, 2.75) is 19.8 Å². The van der Waals surface area contributed by atoms with Crippen LogP contribution in [0.1, 0.15) is 19.8 Å². The van der Waals surface area contributed by atoms with E-state index in [4.69, 9.17) is 0 Å². The SMILES string of the molecule is CC1CCCNC1.Cn1cc2ccccc2n1. The van der Waals surface area contributed by atoms with Gasteiger partial charge in [-0.3, -0.25) is 4.68 Å². The van der Waals surface area contributed by atoms with Gasteiger partial charge in [-0.05, 0) is 37.9 Å². The molecule has 1 aliphatic heterocycles. The van der Waals surface area contributed by atoms with E-state index in [1.807, 2.05) is 36.1 Å². The lowest BCUT2D eigenvalue weighted by Crippen LogP contribution is -2.27. The van der Waals surface area contributed by atoms with E-state index >= 15 is 0 Å². The van der Waals surface area contributed by atoms with Crippen LogP contribution in [0.4, 0.5) is 0 Å². The summed E-state index contributed by atoms with van der Waals surface area (Å²) in [6.07, 6.45) is 4.81. The number of rotatable bonds is 0. The molecule has 1 aromatic heterocycles. The van der Waals surface area contributed by atoms with Gasteiger partial charge in [-0.1, -0.05) is 25.1 Å². The van der Waals surface area contributed by atoms with Crippen LogP contribution in [0.3, 0.4) is 0 Å². The Bertz CT molecular complexity index is 422. The summed E-state index contributed by atoms with van der Waals surface area (Å²) >= 11 is 0. The van der Waals surface area contributed by atoms with Crippen LogP contribution < -0.4 is 5.32 Å². The maximum Gasteiger partial charge on any atom is 0.0923 e. The highest BCUT2D eigenvalue weighted by Gasteiger charge is 2.04. The molecule has 17 heavy (non-hydrogen) atoms. The van der Waals surface area contributed by atoms with Crippen LogP contribution in [0, 0.1) is 5.92 Å². The third kappa shape index (κ3) is 3.56. The smallest absolute Gasteiger partial charge is 0.0923 e. The number of hydrogen-bond donors (Lipinski definition) is 1. The molecule has 3 rings (SSSR count). The van der Waals surface area contributed by atoms with Crippen LogP contribution in [-0.4, -0.2) is 22.9 Å². The quantitative estimate of drug-likeness (QED) is 0.755. The molecule has 1 unspecified atom stereocenters. The van der Waals surface area contributed by atoms with Gasteiger partial charge in [-0.2, -0.15) is 5.10 Å². The summed E-state index contributed by atoms with van der Waals surface area (Å²) in [4.78, 5) is 0. The Balaban J connectivity index is 0.000000136. The van der Waals surface area contributed by atoms with Gasteiger partial charge < -0.3 is 5.32 Å². The van der Waals surface area contributed by atoms with Crippen LogP contribution in [0.25, 0.3) is 10.9 Å². The predicted molar refractivity (Wildman–Crippen MR) is 72.0 cm³/mol. The lowest BCUT2D eigenvalue weighted by atomic mass is 10.0. The monoisotopic (exact) mass is 231 g/mol. The molecule has 1 fully saturated rings. The van der Waals surface area contributed by atoms with E-state index in [1.165, 1.54) is 31.3 Å². The standard InChI is InChI=1S/C8H8N2.C6H13N/c1-10-6-7-4-2-3-5-8(7)9-10;1-6-3-2-4-7-5-6/h2-6H,1H3;6-7H,2-5H2,1H3. The highest BCUT2D eigenvalue weighted by atomic mass is 15.2. The molecule has 0 bridgehead atoms. The van der Waals surface area contributed by atoms with E-state index in [0.29, 0.717) is 0 Å². The molecule has 1 N–H and O–H groups in total. The summed E-state index contributed by atoms with van der Waals surface area (Å²) in [5.41, 5.74) is 1.06. The van der Waals surface area contributed by atoms with E-state index in [1.54, 1.807) is 0 Å². The second kappa shape index (κ2) is 5.82. The maximum atomic E-state index is 4.23. The fraction of sp³-hybridized carbons (Fsp3) is 0.500. The summed E-state index contributed by atoms with van der Waals surface area (Å²) in [6.45, 7) is 4.77. The molecule has 92 valence electrons. The van der Waals surface area contributed by atoms with E-state index in [2.05, 4.69) is 23.4 Å². The Morgan fingerprint density at radius 1 is 1.35 bits per heavy atom. The summed E-state index contributed by atoms with van der Waals surface area (Å²) in [7, 11) is 1.93. The number of fused-ring (bicyclic) bond motifs is 1. The van der Waals surface area contributed by atoms with Gasteiger partial charge in [-0.15, -0.1) is 0 Å². The fourth-order valence-corrected chi connectivity index (χ4v) is 2.11. The second-order valence-electron chi connectivity index (χ2n) is 4.81. The normalized spacial score (nSPS) is 19.8. The summed E-state index contributed by atoms with van der Waals surface area (Å²) in [5, 5.41) is 8.76. The Labute approximate surface area is 103 Å². The molecule has 3 heteroatoms. The number of benzene rings is 1. The molecule has 0 spiro atoms. The molecule has 1 saturated heterocycles. The van der Waals surface area contributed by atoms with Crippen molar-refractivity contribution >= 4 is 10.9 Å². The first kappa shape index (κ1) is 12.1. The van der Waals surface area contributed by atoms with Crippen molar-refractivity contribution in [3.63, 3.8) is 0 Å². The Kier molecular flexibility index (Phi) is 4.15. The van der Waals surface area contributed by atoms with Crippen molar-refractivity contribution in [2.75, 3.05) is 13.1 Å². The Morgan fingerprint density at radius 2 is 2.18 bits per heavy atom. The zero-order valence-corrected chi connectivity index (χ0v) is 10.7. The summed E-state index contributed by atoms with van der Waals surface area (Å²) < 4.78 is 1.82. The minimum Gasteiger partial charge on any atom is -0.316 e. The molecule has 0 aliphatic carbocycles. The van der Waals surface area contributed by atoms with Crippen molar-refractivity contribution in [2.24, 2.45) is 13.0 Å². The Morgan fingerprint density at radius 3 is 2.76 bits per heavy atom. The zero-order valence-electron chi connectivity index (χ0n) is 10.7. The van der Waals surface area contributed by atoms with Gasteiger partial charge in [0.1, 0.15) is 0 Å². The lowest BCUT2D eigenvalue weighted by Gasteiger charge is -2.17. The first-order valence-corrected chi connectivity index (χ1v) is 6.35. The van der Waals surface area contributed by atoms with E-state index in [-0.39, 0.29) is 0 Å². The number of aryl methyl sites for hydroxylation is 1. The lowest BCUT2D eigenvalue weighted by molar-refractivity contribution is 0.405. The van der Waals surface area contributed by atoms with Gasteiger partial charge in [0.2, 0.25) is 0 Å². The molecule has 3 nitrogen and oxygen atoms in total. The van der Waals surface area contributed by atoms with Gasteiger partial charge >= 0.3 is 0 Å². The Hall–Kier alpha value is -1.35. The highest BCUT2D eigenvalue weighted by Crippen LogP contribution is 2.09. The highest BCUT2D eigenvalue weighted by molar-refractivity contribution is 5.77. The fourth-order valence-electron chi connectivity index (χ4n) is 2.11. The molecule has 1 aliphatic rings. The van der Waals surface area contributed by atoms with Gasteiger partial charge in [0.25, 0.3) is 0 Å². The number of hydrogen-bond acceptors (Lipinski definition) is 2. The maximum absolute atomic E-state index is 4.23. The second-order valence-corrected chi connectivity index (χ2v) is 4.81. The third-order valence-corrected chi connectivity index (χ3v) is 3.07. The van der Waals surface area contributed by atoms with Crippen molar-refractivity contribution in [1.82, 2.24) is 15.1 Å². The van der Waals surface area contributed by atoms with Crippen LogP contribution in [0.15, 0.2) is 30.5 Å². The van der Waals surface area contributed by atoms with Gasteiger partial charge in [0.05, 0.1) is 5.52 Å². The molecule has 1 atom stereocenters. The molecule has 0 amide bonds. The van der Waals surface area contributed by atoms with Gasteiger partial charge in [0.15, 0.2) is 0 Å². The first-order chi connectivity index (χ1) is 8.25. The number of nitrogens with zero attached hydrogens (tertiary/aromatic N) is 2. The third-order valence-electron chi connectivity index (χ3n) is 3.07. The van der Waals surface area contributed by atoms with Crippen LogP contribution in [0.2, 0.25) is 0 Å². The first-order valence-electron chi connectivity index (χ1n) is 6.35. The largest absolute Gasteiger partial charge is 0.316 e. The molecular weight excluding hydrogens is 210 g/mol. The minimum atomic E-state index is 0.925. The minimum absolute atomic E-state index is 0.925. The van der Waals surface area contributed by atoms with Crippen molar-refractivity contribution in [3.8, 4) is 0 Å². The summed E-state index contributed by atoms with van der Waals surface area (Å²) in [6, 6.07) is 8.08. The van der Waals surface area contributed by atoms with Crippen molar-refractivity contribution in [1.29, 1.82) is 0 Å². The van der Waals surface area contributed by atoms with Crippen molar-refractivity contribution < 1.29 is 0 Å². The van der Waals surface area contributed by atoms with Crippen LogP contribution >= 0.6 is 0 Å². The molecule has 2 heterocycles. The molecule has 2 aromatic rings. The predicted octanol–water partition coefficient (Wildman–Crippen LogP) is 2.58. The molecule has 1 aromatic carbocycles. The van der Waals surface area contributed by atoms with Crippen molar-refractivity contribution in [3.05, 3.63) is 30.5 Å². The van der Waals surface area contributed by atoms with Crippen LogP contribution in [-0.2, 0) is 7.05 Å². The molecule has 0 saturated carbocycles. The van der Waals surface area contributed by atoms with E-state index in [9.17, 15) is 0 Å². The van der Waals surface area contributed by atoms with Gasteiger partial charge in [0, 0.05) is 18.6 Å². The van der Waals surface area contributed by atoms with E-state index < -0.39 is 0 Å². The van der Waals surface area contributed by atoms with Crippen LogP contribution in [0.5, 0.6) is 0 Å². The number of nitrogens with one attached hydrogen (secondary N) is 1. The summed E-state index contributed by atoms with van der Waals surface area (Å²) in [5.74, 6) is 0.925. The van der Waals surface area contributed by atoms with Gasteiger partial charge in [-0.25, -0.2) is 0 Å². The topological polar surface area (TPSA) is 29.9 Å². The molecule has 0 radical (unpaired) electrons. The zero-order chi connectivity index (χ0) is 12.1. The number of aromatic nitrogens is 2. The molecular formula is C14H21N3. The average molecular weight is 231 g/mol. The number of piperidine rings is 1. The van der Waals surface area contributed by atoms with E-state index in [0.717, 1.165) is 11.4 Å². The average Bonchev–Trinajstić information content (AvgIpc) is 2.71.